The number of urea groups is 1. The molecule has 2 rings (SSSR count). The van der Waals surface area contributed by atoms with Gasteiger partial charge in [-0.05, 0) is 71.0 Å². The van der Waals surface area contributed by atoms with Gasteiger partial charge in [-0.3, -0.25) is 0 Å². The van der Waals surface area contributed by atoms with Crippen LogP contribution in [0.1, 0.15) is 34.6 Å². The van der Waals surface area contributed by atoms with Crippen molar-refractivity contribution in [3.8, 4) is 0 Å². The second-order valence-electron chi connectivity index (χ2n) is 7.46. The topological polar surface area (TPSA) is 103 Å². The molecule has 172 valence electrons. The Morgan fingerprint density at radius 2 is 1.48 bits per heavy atom. The highest BCUT2D eigenvalue weighted by molar-refractivity contribution is 7.85. The van der Waals surface area contributed by atoms with Crippen molar-refractivity contribution in [2.45, 2.75) is 51.6 Å². The Morgan fingerprint density at radius 1 is 0.968 bits per heavy atom. The van der Waals surface area contributed by atoms with Crippen LogP contribution in [-0.4, -0.2) is 37.6 Å². The van der Waals surface area contributed by atoms with E-state index >= 15 is 0 Å². The molecule has 0 aliphatic carbocycles. The third kappa shape index (κ3) is 9.88. The maximum atomic E-state index is 11.8. The molecule has 0 fully saturated rings. The summed E-state index contributed by atoms with van der Waals surface area (Å²) in [6.07, 6.45) is 0. The Labute approximate surface area is 194 Å². The second kappa shape index (κ2) is 12.3. The number of hydrogen-bond donors (Lipinski definition) is 3. The van der Waals surface area contributed by atoms with Crippen LogP contribution < -0.4 is 15.5 Å². The van der Waals surface area contributed by atoms with Crippen molar-refractivity contribution in [3.63, 3.8) is 0 Å². The molecule has 10 heteroatoms. The lowest BCUT2D eigenvalue weighted by molar-refractivity contribution is -0.940. The SMILES string of the molecule is CC[NH+](C(C)C)C(C)C.O=C(Nc1cc(Cl)cc(Cl)c1)Nc1cccc(S(=O)(=O)[O-])c1. The lowest BCUT2D eigenvalue weighted by Crippen LogP contribution is -3.17. The summed E-state index contributed by atoms with van der Waals surface area (Å²) < 4.78 is 32.8. The molecule has 2 aromatic carbocycles. The summed E-state index contributed by atoms with van der Waals surface area (Å²) >= 11 is 11.6. The van der Waals surface area contributed by atoms with Crippen LogP contribution in [0.25, 0.3) is 0 Å². The predicted molar refractivity (Wildman–Crippen MR) is 125 cm³/mol. The molecular weight excluding hydrogens is 461 g/mol. The molecule has 0 spiro atoms. The molecule has 0 unspecified atom stereocenters. The molecule has 0 saturated heterocycles. The minimum absolute atomic E-state index is 0.155. The highest BCUT2D eigenvalue weighted by Gasteiger charge is 2.13. The van der Waals surface area contributed by atoms with Gasteiger partial charge >= 0.3 is 6.03 Å². The molecule has 0 aromatic heterocycles. The first-order valence-electron chi connectivity index (χ1n) is 9.79. The van der Waals surface area contributed by atoms with Gasteiger partial charge < -0.3 is 20.1 Å². The fourth-order valence-corrected chi connectivity index (χ4v) is 4.17. The molecular formula is C21H29Cl2N3O4S. The number of anilines is 2. The van der Waals surface area contributed by atoms with E-state index in [1.54, 1.807) is 4.90 Å². The Bertz CT molecular complexity index is 954. The number of halogens is 2. The van der Waals surface area contributed by atoms with Gasteiger partial charge in [0.25, 0.3) is 0 Å². The van der Waals surface area contributed by atoms with Gasteiger partial charge in [-0.25, -0.2) is 13.2 Å². The lowest BCUT2D eigenvalue weighted by atomic mass is 10.2. The van der Waals surface area contributed by atoms with Crippen molar-refractivity contribution in [1.29, 1.82) is 0 Å². The number of carbonyl (C=O) groups excluding carboxylic acids is 1. The number of amides is 2. The third-order valence-corrected chi connectivity index (χ3v) is 5.66. The van der Waals surface area contributed by atoms with Gasteiger partial charge in [0.2, 0.25) is 0 Å². The maximum absolute atomic E-state index is 11.8. The summed E-state index contributed by atoms with van der Waals surface area (Å²) in [4.78, 5) is 13.1. The van der Waals surface area contributed by atoms with E-state index in [-0.39, 0.29) is 5.69 Å². The van der Waals surface area contributed by atoms with Crippen LogP contribution in [0.4, 0.5) is 16.2 Å². The molecule has 0 aliphatic rings. The van der Waals surface area contributed by atoms with Gasteiger partial charge in [-0.1, -0.05) is 29.3 Å². The lowest BCUT2D eigenvalue weighted by Gasteiger charge is -2.25. The van der Waals surface area contributed by atoms with E-state index in [9.17, 15) is 17.8 Å². The number of hydrogen-bond acceptors (Lipinski definition) is 4. The zero-order chi connectivity index (χ0) is 23.8. The van der Waals surface area contributed by atoms with Crippen molar-refractivity contribution in [2.24, 2.45) is 0 Å². The first-order valence-corrected chi connectivity index (χ1v) is 12.0. The van der Waals surface area contributed by atoms with E-state index in [0.717, 1.165) is 24.2 Å². The molecule has 0 aliphatic heterocycles. The van der Waals surface area contributed by atoms with E-state index in [1.165, 1.54) is 36.9 Å². The molecule has 7 nitrogen and oxygen atoms in total. The molecule has 2 aromatic rings. The van der Waals surface area contributed by atoms with Crippen molar-refractivity contribution in [1.82, 2.24) is 0 Å². The van der Waals surface area contributed by atoms with Gasteiger partial charge in [0, 0.05) is 21.4 Å². The summed E-state index contributed by atoms with van der Waals surface area (Å²) in [6, 6.07) is 10.4. The Balaban J connectivity index is 0.000000452. The van der Waals surface area contributed by atoms with Crippen LogP contribution in [0.3, 0.4) is 0 Å². The summed E-state index contributed by atoms with van der Waals surface area (Å²) in [6.45, 7) is 12.6. The third-order valence-electron chi connectivity index (χ3n) is 4.39. The monoisotopic (exact) mass is 489 g/mol. The fourth-order valence-electron chi connectivity index (χ4n) is 3.13. The van der Waals surface area contributed by atoms with Crippen molar-refractivity contribution in [2.75, 3.05) is 17.2 Å². The van der Waals surface area contributed by atoms with Gasteiger partial charge in [-0.15, -0.1) is 0 Å². The number of nitrogens with one attached hydrogen (secondary N) is 3. The van der Waals surface area contributed by atoms with E-state index in [1.807, 2.05) is 0 Å². The van der Waals surface area contributed by atoms with Gasteiger partial charge in [0.05, 0.1) is 23.5 Å². The van der Waals surface area contributed by atoms with Crippen LogP contribution in [0.2, 0.25) is 10.0 Å². The van der Waals surface area contributed by atoms with E-state index in [0.29, 0.717) is 15.7 Å². The number of benzene rings is 2. The number of quaternary nitrogens is 1. The standard InChI is InChI=1S/C13H10Cl2N2O4S.C8H19N/c14-8-4-9(15)6-11(5-8)17-13(18)16-10-2-1-3-12(7-10)22(19,20)21;1-6-9(7(2)3)8(4)5/h1-7H,(H2,16,17,18)(H,19,20,21);7-8H,6H2,1-5H3. The quantitative estimate of drug-likeness (QED) is 0.527. The molecule has 0 radical (unpaired) electrons. The summed E-state index contributed by atoms with van der Waals surface area (Å²) in [5.74, 6) is 0. The Hall–Kier alpha value is -1.84. The van der Waals surface area contributed by atoms with Crippen LogP contribution in [0, 0.1) is 0 Å². The highest BCUT2D eigenvalue weighted by atomic mass is 35.5. The predicted octanol–water partition coefficient (Wildman–Crippen LogP) is 4.25. The average Bonchev–Trinajstić information content (AvgIpc) is 2.60. The van der Waals surface area contributed by atoms with E-state index < -0.39 is 21.0 Å². The summed E-state index contributed by atoms with van der Waals surface area (Å²) in [5.41, 5.74) is 0.519. The van der Waals surface area contributed by atoms with Crippen LogP contribution >= 0.6 is 23.2 Å². The normalized spacial score (nSPS) is 11.3. The van der Waals surface area contributed by atoms with Crippen LogP contribution in [0.15, 0.2) is 47.4 Å². The molecule has 0 heterocycles. The minimum Gasteiger partial charge on any atom is -0.744 e. The summed E-state index contributed by atoms with van der Waals surface area (Å²) in [7, 11) is -4.59. The zero-order valence-electron chi connectivity index (χ0n) is 18.2. The fraction of sp³-hybridized carbons (Fsp3) is 0.381. The zero-order valence-corrected chi connectivity index (χ0v) is 20.5. The molecule has 31 heavy (non-hydrogen) atoms. The molecule has 0 atom stereocenters. The Kier molecular flexibility index (Phi) is 10.8. The van der Waals surface area contributed by atoms with Crippen molar-refractivity contribution < 1.29 is 22.7 Å². The molecule has 0 bridgehead atoms. The molecule has 3 N–H and O–H groups in total. The van der Waals surface area contributed by atoms with E-state index in [2.05, 4.69) is 45.3 Å². The Morgan fingerprint density at radius 3 is 1.90 bits per heavy atom. The highest BCUT2D eigenvalue weighted by Crippen LogP contribution is 2.23. The average molecular weight is 490 g/mol. The summed E-state index contributed by atoms with van der Waals surface area (Å²) in [5, 5.41) is 5.58. The first kappa shape index (κ1) is 27.2. The minimum atomic E-state index is -4.59. The van der Waals surface area contributed by atoms with Crippen molar-refractivity contribution in [3.05, 3.63) is 52.5 Å². The largest absolute Gasteiger partial charge is 0.744 e. The van der Waals surface area contributed by atoms with Crippen LogP contribution in [0.5, 0.6) is 0 Å². The maximum Gasteiger partial charge on any atom is 0.323 e. The number of carbonyl (C=O) groups is 1. The van der Waals surface area contributed by atoms with Gasteiger partial charge in [0.15, 0.2) is 0 Å². The van der Waals surface area contributed by atoms with Crippen LogP contribution in [-0.2, 0) is 10.1 Å². The van der Waals surface area contributed by atoms with Gasteiger partial charge in [0.1, 0.15) is 10.1 Å². The van der Waals surface area contributed by atoms with Crippen molar-refractivity contribution >= 4 is 50.7 Å². The smallest absolute Gasteiger partial charge is 0.323 e. The second-order valence-corrected chi connectivity index (χ2v) is 9.71. The first-order chi connectivity index (χ1) is 14.3. The molecule has 2 amide bonds. The molecule has 0 saturated carbocycles. The van der Waals surface area contributed by atoms with Gasteiger partial charge in [-0.2, -0.15) is 0 Å². The number of rotatable bonds is 6. The van der Waals surface area contributed by atoms with E-state index in [4.69, 9.17) is 23.2 Å².